The molecule has 2 aromatic carbocycles. The van der Waals surface area contributed by atoms with E-state index in [4.69, 9.17) is 4.74 Å². The molecule has 158 valence electrons. The highest BCUT2D eigenvalue weighted by Gasteiger charge is 2.49. The average Bonchev–Trinajstić information content (AvgIpc) is 3.29. The van der Waals surface area contributed by atoms with Gasteiger partial charge in [-0.25, -0.2) is 0 Å². The van der Waals surface area contributed by atoms with Crippen LogP contribution in [0.3, 0.4) is 0 Å². The van der Waals surface area contributed by atoms with E-state index in [1.807, 2.05) is 36.4 Å². The zero-order valence-electron chi connectivity index (χ0n) is 16.3. The molecule has 4 rings (SSSR count). The first-order chi connectivity index (χ1) is 14.3. The van der Waals surface area contributed by atoms with E-state index in [2.05, 4.69) is 4.99 Å². The van der Waals surface area contributed by atoms with Gasteiger partial charge in [0.2, 0.25) is 5.91 Å². The Morgan fingerprint density at radius 1 is 1.13 bits per heavy atom. The average molecular weight is 418 g/mol. The van der Waals surface area contributed by atoms with Gasteiger partial charge in [0, 0.05) is 12.5 Å². The normalized spacial score (nSPS) is 20.2. The van der Waals surface area contributed by atoms with Crippen LogP contribution >= 0.6 is 0 Å². The van der Waals surface area contributed by atoms with Gasteiger partial charge in [-0.05, 0) is 18.6 Å². The second-order valence-corrected chi connectivity index (χ2v) is 6.79. The Morgan fingerprint density at radius 3 is 2.33 bits per heavy atom. The van der Waals surface area contributed by atoms with Crippen molar-refractivity contribution < 1.29 is 27.5 Å². The van der Waals surface area contributed by atoms with Crippen molar-refractivity contribution in [2.75, 3.05) is 19.7 Å². The van der Waals surface area contributed by atoms with Gasteiger partial charge in [0.15, 0.2) is 0 Å². The van der Waals surface area contributed by atoms with Crippen LogP contribution in [0, 0.1) is 5.92 Å². The number of amides is 1. The molecule has 0 bridgehead atoms. The lowest BCUT2D eigenvalue weighted by molar-refractivity contribution is -0.145. The topological polar surface area (TPSA) is 59.0 Å². The Balaban J connectivity index is 0.000000367. The molecule has 2 aliphatic heterocycles. The predicted octanol–water partition coefficient (Wildman–Crippen LogP) is 3.91. The van der Waals surface area contributed by atoms with E-state index in [9.17, 15) is 22.8 Å². The van der Waals surface area contributed by atoms with Gasteiger partial charge in [-0.2, -0.15) is 13.2 Å². The molecule has 0 aromatic heterocycles. The highest BCUT2D eigenvalue weighted by molar-refractivity contribution is 6.14. The van der Waals surface area contributed by atoms with Crippen LogP contribution in [0.1, 0.15) is 24.0 Å². The zero-order valence-corrected chi connectivity index (χ0v) is 16.3. The van der Waals surface area contributed by atoms with Crippen LogP contribution in [-0.4, -0.2) is 42.3 Å². The first-order valence-electron chi connectivity index (χ1n) is 9.51. The molecule has 2 atom stereocenters. The first kappa shape index (κ1) is 21.5. The number of ether oxygens (including phenoxy) is 1. The summed E-state index contributed by atoms with van der Waals surface area (Å²) in [6, 6.07) is 16.8. The largest absolute Gasteiger partial charge is 0.465 e. The molecule has 0 radical (unpaired) electrons. The molecular weight excluding hydrogens is 397 g/mol. The highest BCUT2D eigenvalue weighted by atomic mass is 19.4. The SMILES string of the molecule is CCOC(=O)C1C2=NCC(=O)N2CC1c1cccc(C(F)(F)F)c1.c1ccccc1. The number of rotatable bonds is 3. The van der Waals surface area contributed by atoms with Crippen molar-refractivity contribution in [3.05, 3.63) is 71.8 Å². The maximum Gasteiger partial charge on any atom is 0.416 e. The van der Waals surface area contributed by atoms with Crippen LogP contribution in [0.2, 0.25) is 0 Å². The second-order valence-electron chi connectivity index (χ2n) is 6.79. The molecule has 5 nitrogen and oxygen atoms in total. The Kier molecular flexibility index (Phi) is 6.54. The zero-order chi connectivity index (χ0) is 21.7. The maximum absolute atomic E-state index is 12.9. The third-order valence-electron chi connectivity index (χ3n) is 4.86. The number of hydrogen-bond acceptors (Lipinski definition) is 4. The minimum atomic E-state index is -4.47. The van der Waals surface area contributed by atoms with E-state index in [0.717, 1.165) is 12.1 Å². The van der Waals surface area contributed by atoms with Crippen LogP contribution in [0.4, 0.5) is 13.2 Å². The summed E-state index contributed by atoms with van der Waals surface area (Å²) in [5.74, 6) is -2.00. The molecule has 2 aliphatic rings. The van der Waals surface area contributed by atoms with Crippen molar-refractivity contribution in [2.45, 2.75) is 19.0 Å². The third kappa shape index (κ3) is 4.69. The lowest BCUT2D eigenvalue weighted by Crippen LogP contribution is -2.31. The van der Waals surface area contributed by atoms with Gasteiger partial charge in [-0.3, -0.25) is 19.5 Å². The summed E-state index contributed by atoms with van der Waals surface area (Å²) in [5, 5.41) is 0. The van der Waals surface area contributed by atoms with Crippen molar-refractivity contribution in [3.8, 4) is 0 Å². The smallest absolute Gasteiger partial charge is 0.416 e. The monoisotopic (exact) mass is 418 g/mol. The van der Waals surface area contributed by atoms with Gasteiger partial charge in [0.1, 0.15) is 18.3 Å². The fraction of sp³-hybridized carbons (Fsp3) is 0.318. The van der Waals surface area contributed by atoms with E-state index in [1.165, 1.54) is 17.0 Å². The Morgan fingerprint density at radius 2 is 1.77 bits per heavy atom. The molecule has 1 amide bonds. The van der Waals surface area contributed by atoms with Crippen LogP contribution in [0.15, 0.2) is 65.7 Å². The number of carbonyl (C=O) groups is 2. The summed E-state index contributed by atoms with van der Waals surface area (Å²) in [6.45, 7) is 1.88. The van der Waals surface area contributed by atoms with Crippen LogP contribution in [0.5, 0.6) is 0 Å². The minimum Gasteiger partial charge on any atom is -0.465 e. The van der Waals surface area contributed by atoms with Crippen molar-refractivity contribution in [1.29, 1.82) is 0 Å². The Labute approximate surface area is 172 Å². The summed E-state index contributed by atoms with van der Waals surface area (Å²) in [5.41, 5.74) is -0.448. The second kappa shape index (κ2) is 9.11. The number of benzene rings is 2. The minimum absolute atomic E-state index is 0.0411. The number of amidine groups is 1. The molecule has 0 N–H and O–H groups in total. The van der Waals surface area contributed by atoms with Crippen molar-refractivity contribution in [2.24, 2.45) is 10.9 Å². The summed E-state index contributed by atoms with van der Waals surface area (Å²) in [7, 11) is 0. The van der Waals surface area contributed by atoms with Gasteiger partial charge in [0.05, 0.1) is 12.2 Å². The number of nitrogens with zero attached hydrogens (tertiary/aromatic N) is 2. The molecule has 8 heteroatoms. The summed E-state index contributed by atoms with van der Waals surface area (Å²) in [4.78, 5) is 29.6. The molecular formula is C22H21F3N2O3. The summed E-state index contributed by atoms with van der Waals surface area (Å²) < 4.78 is 43.9. The number of esters is 1. The molecule has 1 fully saturated rings. The molecule has 30 heavy (non-hydrogen) atoms. The lowest BCUT2D eigenvalue weighted by Gasteiger charge is -2.18. The first-order valence-corrected chi connectivity index (χ1v) is 9.51. The molecule has 2 aromatic rings. The third-order valence-corrected chi connectivity index (χ3v) is 4.86. The molecule has 0 saturated carbocycles. The van der Waals surface area contributed by atoms with Gasteiger partial charge >= 0.3 is 12.1 Å². The standard InChI is InChI=1S/C16H15F3N2O3.C6H6/c1-2-24-15(23)13-11(8-21-12(22)7-20-14(13)21)9-4-3-5-10(6-9)16(17,18)19;1-2-4-6-5-3-1/h3-6,11,13H,2,7-8H2,1H3;1-6H. The molecule has 0 spiro atoms. The predicted molar refractivity (Wildman–Crippen MR) is 105 cm³/mol. The van der Waals surface area contributed by atoms with Gasteiger partial charge < -0.3 is 4.74 Å². The molecule has 0 aliphatic carbocycles. The van der Waals surface area contributed by atoms with Crippen LogP contribution in [-0.2, 0) is 20.5 Å². The van der Waals surface area contributed by atoms with E-state index in [0.29, 0.717) is 11.4 Å². The number of aliphatic imine (C=N–C) groups is 1. The van der Waals surface area contributed by atoms with E-state index in [-0.39, 0.29) is 25.6 Å². The van der Waals surface area contributed by atoms with Crippen molar-refractivity contribution >= 4 is 17.7 Å². The number of halogens is 3. The Bertz CT molecular complexity index is 902. The van der Waals surface area contributed by atoms with Gasteiger partial charge in [-0.1, -0.05) is 54.6 Å². The maximum atomic E-state index is 12.9. The molecule has 1 saturated heterocycles. The number of carbonyl (C=O) groups excluding carboxylic acids is 2. The fourth-order valence-corrected chi connectivity index (χ4v) is 3.52. The Hall–Kier alpha value is -3.16. The number of fused-ring (bicyclic) bond motifs is 1. The summed E-state index contributed by atoms with van der Waals surface area (Å²) >= 11 is 0. The molecule has 2 heterocycles. The van der Waals surface area contributed by atoms with Crippen LogP contribution in [0.25, 0.3) is 0 Å². The van der Waals surface area contributed by atoms with E-state index in [1.54, 1.807) is 6.92 Å². The van der Waals surface area contributed by atoms with E-state index < -0.39 is 29.5 Å². The quantitative estimate of drug-likeness (QED) is 0.711. The number of hydrogen-bond donors (Lipinski definition) is 0. The van der Waals surface area contributed by atoms with Crippen LogP contribution < -0.4 is 0 Å². The van der Waals surface area contributed by atoms with Crippen molar-refractivity contribution in [1.82, 2.24) is 4.90 Å². The highest BCUT2D eigenvalue weighted by Crippen LogP contribution is 2.39. The summed E-state index contributed by atoms with van der Waals surface area (Å²) in [6.07, 6.45) is -4.47. The van der Waals surface area contributed by atoms with Gasteiger partial charge in [0.25, 0.3) is 0 Å². The number of alkyl halides is 3. The fourth-order valence-electron chi connectivity index (χ4n) is 3.52. The van der Waals surface area contributed by atoms with Gasteiger partial charge in [-0.15, -0.1) is 0 Å². The lowest BCUT2D eigenvalue weighted by atomic mass is 9.87. The van der Waals surface area contributed by atoms with E-state index >= 15 is 0 Å². The molecule has 2 unspecified atom stereocenters. The van der Waals surface area contributed by atoms with Crippen molar-refractivity contribution in [3.63, 3.8) is 0 Å².